The van der Waals surface area contributed by atoms with Gasteiger partial charge in [-0.25, -0.2) is 0 Å². The van der Waals surface area contributed by atoms with Gasteiger partial charge >= 0.3 is 5.97 Å². The highest BCUT2D eigenvalue weighted by Gasteiger charge is 2.77. The largest absolute Gasteiger partial charge is 0.497 e. The molecule has 3 heterocycles. The van der Waals surface area contributed by atoms with Crippen molar-refractivity contribution in [2.75, 3.05) is 31.8 Å². The number of benzene rings is 1. The van der Waals surface area contributed by atoms with Gasteiger partial charge in [-0.2, -0.15) is 0 Å². The lowest BCUT2D eigenvalue weighted by atomic mass is 9.70. The van der Waals surface area contributed by atoms with Crippen molar-refractivity contribution in [3.05, 3.63) is 49.6 Å². The summed E-state index contributed by atoms with van der Waals surface area (Å²) in [6.45, 7) is 11.4. The van der Waals surface area contributed by atoms with E-state index in [2.05, 4.69) is 29.1 Å². The van der Waals surface area contributed by atoms with Crippen molar-refractivity contribution < 1.29 is 33.7 Å². The van der Waals surface area contributed by atoms with E-state index in [1.54, 1.807) is 42.4 Å². The number of halogens is 1. The summed E-state index contributed by atoms with van der Waals surface area (Å²) < 4.78 is 17.5. The van der Waals surface area contributed by atoms with Crippen LogP contribution >= 0.6 is 15.9 Å². The van der Waals surface area contributed by atoms with Crippen molar-refractivity contribution in [1.29, 1.82) is 0 Å². The van der Waals surface area contributed by atoms with Crippen LogP contribution in [-0.2, 0) is 23.9 Å². The highest BCUT2D eigenvalue weighted by Crippen LogP contribution is 2.61. The fraction of sp³-hybridized carbons (Fsp3) is 0.581. The molecule has 3 aliphatic heterocycles. The van der Waals surface area contributed by atoms with Crippen LogP contribution in [0.3, 0.4) is 0 Å². The fourth-order valence-electron chi connectivity index (χ4n) is 6.61. The molecular weight excluding hydrogens is 592 g/mol. The summed E-state index contributed by atoms with van der Waals surface area (Å²) in [7, 11) is 1.57. The summed E-state index contributed by atoms with van der Waals surface area (Å²) in [6.07, 6.45) is 5.55. The first-order valence-corrected chi connectivity index (χ1v) is 15.2. The average molecular weight is 634 g/mol. The molecule has 1 N–H and O–H groups in total. The van der Waals surface area contributed by atoms with Gasteiger partial charge in [-0.15, -0.1) is 13.2 Å². The van der Waals surface area contributed by atoms with Crippen molar-refractivity contribution >= 4 is 39.4 Å². The molecule has 0 aliphatic carbocycles. The molecule has 4 rings (SSSR count). The monoisotopic (exact) mass is 632 g/mol. The number of aliphatic hydroxyl groups is 1. The van der Waals surface area contributed by atoms with Gasteiger partial charge in [-0.05, 0) is 55.9 Å². The number of hydrogen-bond donors (Lipinski definition) is 1. The van der Waals surface area contributed by atoms with E-state index in [1.807, 2.05) is 19.9 Å². The van der Waals surface area contributed by atoms with Crippen LogP contribution in [0.15, 0.2) is 49.6 Å². The third kappa shape index (κ3) is 5.58. The number of carbonyl (C=O) groups is 3. The number of fused-ring (bicyclic) bond motifs is 1. The second-order valence-electron chi connectivity index (χ2n) is 11.3. The molecule has 1 aromatic rings. The van der Waals surface area contributed by atoms with Gasteiger partial charge in [0.1, 0.15) is 17.4 Å². The number of anilines is 1. The van der Waals surface area contributed by atoms with Gasteiger partial charge in [-0.1, -0.05) is 41.9 Å². The first-order valence-electron chi connectivity index (χ1n) is 14.3. The Hall–Kier alpha value is -2.69. The van der Waals surface area contributed by atoms with Gasteiger partial charge in [0.25, 0.3) is 5.91 Å². The number of rotatable bonds is 14. The molecule has 41 heavy (non-hydrogen) atoms. The number of aliphatic hydroxyl groups excluding tert-OH is 1. The van der Waals surface area contributed by atoms with E-state index >= 15 is 0 Å². The molecule has 9 nitrogen and oxygen atoms in total. The Kier molecular flexibility index (Phi) is 9.97. The van der Waals surface area contributed by atoms with Crippen LogP contribution in [0.4, 0.5) is 5.69 Å². The molecule has 1 spiro atoms. The third-order valence-electron chi connectivity index (χ3n) is 8.56. The molecule has 0 radical (unpaired) electrons. The molecule has 2 amide bonds. The minimum absolute atomic E-state index is 0.157. The van der Waals surface area contributed by atoms with Crippen LogP contribution in [0.25, 0.3) is 0 Å². The maximum atomic E-state index is 14.6. The number of amides is 2. The predicted octanol–water partition coefficient (Wildman–Crippen LogP) is 3.88. The van der Waals surface area contributed by atoms with Gasteiger partial charge in [0.05, 0.1) is 44.3 Å². The van der Waals surface area contributed by atoms with Gasteiger partial charge in [0.15, 0.2) is 0 Å². The predicted molar refractivity (Wildman–Crippen MR) is 159 cm³/mol. The molecule has 3 unspecified atom stereocenters. The topological polar surface area (TPSA) is 106 Å². The van der Waals surface area contributed by atoms with E-state index < -0.39 is 41.6 Å². The Balaban J connectivity index is 1.74. The molecule has 0 saturated carbocycles. The first-order chi connectivity index (χ1) is 19.7. The third-order valence-corrected chi connectivity index (χ3v) is 9.40. The minimum Gasteiger partial charge on any atom is -0.497 e. The number of esters is 1. The lowest BCUT2D eigenvalue weighted by Crippen LogP contribution is -2.60. The van der Waals surface area contributed by atoms with Crippen molar-refractivity contribution in [3.8, 4) is 5.75 Å². The van der Waals surface area contributed by atoms with Gasteiger partial charge in [0, 0.05) is 17.1 Å². The Morgan fingerprint density at radius 2 is 1.95 bits per heavy atom. The van der Waals surface area contributed by atoms with Crippen LogP contribution < -0.4 is 9.64 Å². The van der Waals surface area contributed by atoms with E-state index in [1.165, 1.54) is 4.90 Å². The molecule has 0 aromatic heterocycles. The number of allylic oxidation sites excluding steroid dienone is 1. The Bertz CT molecular complexity index is 1140. The van der Waals surface area contributed by atoms with Gasteiger partial charge in [0.2, 0.25) is 5.91 Å². The molecule has 7 atom stereocenters. The molecule has 2 bridgehead atoms. The Morgan fingerprint density at radius 1 is 1.24 bits per heavy atom. The number of unbranched alkanes of at least 4 members (excludes halogenated alkanes) is 2. The van der Waals surface area contributed by atoms with Gasteiger partial charge in [-0.3, -0.25) is 14.4 Å². The quantitative estimate of drug-likeness (QED) is 0.144. The van der Waals surface area contributed by atoms with E-state index in [0.29, 0.717) is 24.3 Å². The van der Waals surface area contributed by atoms with E-state index in [-0.39, 0.29) is 42.3 Å². The smallest absolute Gasteiger partial charge is 0.312 e. The zero-order valence-corrected chi connectivity index (χ0v) is 25.6. The van der Waals surface area contributed by atoms with E-state index in [0.717, 1.165) is 12.8 Å². The van der Waals surface area contributed by atoms with Gasteiger partial charge < -0.3 is 29.1 Å². The number of hydrogen-bond acceptors (Lipinski definition) is 7. The molecule has 3 fully saturated rings. The average Bonchev–Trinajstić information content (AvgIpc) is 3.55. The van der Waals surface area contributed by atoms with Crippen LogP contribution in [0.1, 0.15) is 39.5 Å². The maximum absolute atomic E-state index is 14.6. The highest BCUT2D eigenvalue weighted by atomic mass is 79.9. The number of likely N-dealkylation sites (tertiary alicyclic amines) is 1. The minimum atomic E-state index is -1.26. The Morgan fingerprint density at radius 3 is 2.54 bits per heavy atom. The summed E-state index contributed by atoms with van der Waals surface area (Å²) in [5, 5.41) is 10.4. The summed E-state index contributed by atoms with van der Waals surface area (Å²) in [5.74, 6) is -2.48. The number of methoxy groups -OCH3 is 1. The molecule has 3 saturated heterocycles. The SMILES string of the molecule is C=CCCCCOC(=O)[C@H]1[C@H]2C(=O)N([C@@H](CO)C(C)C)C(C(=O)N(CC=C)c3ccc(OC)cc3)C23CC(Br)[C@@H]1O3. The number of ether oxygens (including phenoxy) is 3. The van der Waals surface area contributed by atoms with Crippen LogP contribution in [0.5, 0.6) is 5.75 Å². The van der Waals surface area contributed by atoms with Crippen LogP contribution in [0.2, 0.25) is 0 Å². The van der Waals surface area contributed by atoms with Crippen molar-refractivity contribution in [3.63, 3.8) is 0 Å². The second kappa shape index (κ2) is 13.1. The molecular formula is C31H41BrN2O7. The van der Waals surface area contributed by atoms with Crippen molar-refractivity contribution in [1.82, 2.24) is 4.90 Å². The van der Waals surface area contributed by atoms with E-state index in [9.17, 15) is 19.5 Å². The molecule has 224 valence electrons. The zero-order chi connectivity index (χ0) is 29.9. The van der Waals surface area contributed by atoms with Crippen LogP contribution in [0, 0.1) is 17.8 Å². The normalized spacial score (nSPS) is 28.9. The molecule has 3 aliphatic rings. The second-order valence-corrected chi connectivity index (χ2v) is 12.5. The van der Waals surface area contributed by atoms with Crippen molar-refractivity contribution in [2.24, 2.45) is 17.8 Å². The first kappa shape index (κ1) is 31.3. The van der Waals surface area contributed by atoms with Crippen LogP contribution in [-0.4, -0.2) is 83.3 Å². The molecule has 10 heteroatoms. The Labute approximate surface area is 250 Å². The van der Waals surface area contributed by atoms with Crippen molar-refractivity contribution in [2.45, 2.75) is 68.1 Å². The standard InChI is InChI=1S/C31H41BrN2O7/c1-6-8-9-10-16-40-30(38)24-25-28(36)34(23(18-35)19(3)4)27(31(25)17-22(32)26(24)41-31)29(37)33(15-7-2)20-11-13-21(39-5)14-12-20/h6-7,11-14,19,22-27,35H,1-2,8-10,15-18H2,3-5H3/t22?,23-,24-,25-,26-,27?,31?/m0/s1. The maximum Gasteiger partial charge on any atom is 0.312 e. The lowest BCUT2D eigenvalue weighted by Gasteiger charge is -2.40. The summed E-state index contributed by atoms with van der Waals surface area (Å²) in [5.41, 5.74) is -0.653. The summed E-state index contributed by atoms with van der Waals surface area (Å²) >= 11 is 3.69. The lowest BCUT2D eigenvalue weighted by molar-refractivity contribution is -0.156. The van der Waals surface area contributed by atoms with E-state index in [4.69, 9.17) is 14.2 Å². The summed E-state index contributed by atoms with van der Waals surface area (Å²) in [4.78, 5) is 45.2. The number of alkyl halides is 1. The number of nitrogens with zero attached hydrogens (tertiary/aromatic N) is 2. The summed E-state index contributed by atoms with van der Waals surface area (Å²) in [6, 6.07) is 5.36. The number of carbonyl (C=O) groups excluding carboxylic acids is 3. The fourth-order valence-corrected chi connectivity index (χ4v) is 7.56. The zero-order valence-electron chi connectivity index (χ0n) is 24.0. The molecule has 1 aromatic carbocycles. The highest BCUT2D eigenvalue weighted by molar-refractivity contribution is 9.09.